The van der Waals surface area contributed by atoms with E-state index >= 15 is 0 Å². The maximum atomic E-state index is 13.0. The maximum Gasteiger partial charge on any atom is 0.269 e. The molecule has 2 aromatic rings. The Morgan fingerprint density at radius 1 is 1.26 bits per heavy atom. The van der Waals surface area contributed by atoms with Gasteiger partial charge in [-0.25, -0.2) is 17.7 Å². The first-order valence-corrected chi connectivity index (χ1v) is 12.3. The number of piperidine rings is 1. The molecule has 9 nitrogen and oxygen atoms in total. The molecule has 2 aliphatic rings. The van der Waals surface area contributed by atoms with Gasteiger partial charge in [0.05, 0.1) is 18.5 Å². The van der Waals surface area contributed by atoms with E-state index in [4.69, 9.17) is 9.72 Å². The molecule has 1 saturated heterocycles. The number of aryl methyl sites for hydroxylation is 2. The van der Waals surface area contributed by atoms with E-state index in [0.29, 0.717) is 31.2 Å². The van der Waals surface area contributed by atoms with Crippen molar-refractivity contribution in [3.05, 3.63) is 34.8 Å². The number of hydrogen-bond donors (Lipinski definition) is 0. The average molecular weight is 448 g/mol. The number of nitrogens with zero attached hydrogens (tertiary/aromatic N) is 5. The van der Waals surface area contributed by atoms with Gasteiger partial charge in [0.25, 0.3) is 5.91 Å². The monoisotopic (exact) mass is 447 g/mol. The second kappa shape index (κ2) is 7.90. The maximum absolute atomic E-state index is 13.0. The predicted octanol–water partition coefficient (Wildman–Crippen LogP) is 1.89. The van der Waals surface area contributed by atoms with Crippen molar-refractivity contribution < 1.29 is 17.9 Å². The minimum Gasteiger partial charge on any atom is -0.477 e. The van der Waals surface area contributed by atoms with Gasteiger partial charge < -0.3 is 4.74 Å². The van der Waals surface area contributed by atoms with E-state index in [9.17, 15) is 13.2 Å². The summed E-state index contributed by atoms with van der Waals surface area (Å²) in [5, 5.41) is 4.46. The van der Waals surface area contributed by atoms with E-state index in [0.717, 1.165) is 35.5 Å². The number of amides is 1. The Labute approximate surface area is 183 Å². The van der Waals surface area contributed by atoms with E-state index in [1.807, 2.05) is 37.7 Å². The van der Waals surface area contributed by atoms with Crippen LogP contribution in [0.3, 0.4) is 0 Å². The molecule has 0 N–H and O–H groups in total. The van der Waals surface area contributed by atoms with Crippen molar-refractivity contribution in [3.63, 3.8) is 0 Å². The zero-order valence-electron chi connectivity index (χ0n) is 18.6. The van der Waals surface area contributed by atoms with Crippen LogP contribution < -0.4 is 9.64 Å². The summed E-state index contributed by atoms with van der Waals surface area (Å²) >= 11 is 0. The Balaban J connectivity index is 1.69. The number of carbonyl (C=O) groups is 1. The van der Waals surface area contributed by atoms with E-state index in [1.54, 1.807) is 11.8 Å². The number of hydrogen-bond acceptors (Lipinski definition) is 6. The standard InChI is InChI=1S/C21H29N5O4S/c1-13-17(14(2)24(4)23-13)12-26-20-19(30-15(3)21(26)27)9-8-18(22-20)16-7-6-10-25(11-16)31(5,28)29/h8-9,15-16H,6-7,10-12H2,1-5H3/t15-,16?/m1/s1. The summed E-state index contributed by atoms with van der Waals surface area (Å²) in [5.74, 6) is 0.874. The van der Waals surface area contributed by atoms with Crippen molar-refractivity contribution in [2.45, 2.75) is 52.2 Å². The fourth-order valence-corrected chi connectivity index (χ4v) is 5.28. The molecule has 0 bridgehead atoms. The van der Waals surface area contributed by atoms with E-state index < -0.39 is 16.1 Å². The molecule has 2 aliphatic heterocycles. The molecule has 1 fully saturated rings. The third-order valence-electron chi connectivity index (χ3n) is 6.28. The molecular weight excluding hydrogens is 418 g/mol. The minimum atomic E-state index is -3.25. The lowest BCUT2D eigenvalue weighted by atomic mass is 9.95. The molecule has 4 heterocycles. The summed E-state index contributed by atoms with van der Waals surface area (Å²) in [4.78, 5) is 19.5. The van der Waals surface area contributed by atoms with Gasteiger partial charge >= 0.3 is 0 Å². The first-order chi connectivity index (χ1) is 14.6. The van der Waals surface area contributed by atoms with Crippen LogP contribution in [-0.2, 0) is 28.4 Å². The topological polar surface area (TPSA) is 97.6 Å². The molecular formula is C21H29N5O4S. The lowest BCUT2D eigenvalue weighted by Crippen LogP contribution is -2.45. The van der Waals surface area contributed by atoms with Crippen LogP contribution in [0.1, 0.15) is 48.3 Å². The smallest absolute Gasteiger partial charge is 0.269 e. The fraction of sp³-hybridized carbons (Fsp3) is 0.571. The summed E-state index contributed by atoms with van der Waals surface area (Å²) in [6, 6.07) is 3.73. The SMILES string of the molecule is Cc1nn(C)c(C)c1CN1C(=O)[C@@H](C)Oc2ccc(C3CCCN(S(C)(=O)=O)C3)nc21. The molecule has 168 valence electrons. The number of rotatable bonds is 4. The largest absolute Gasteiger partial charge is 0.477 e. The first kappa shape index (κ1) is 21.8. The lowest BCUT2D eigenvalue weighted by molar-refractivity contribution is -0.125. The van der Waals surface area contributed by atoms with Crippen molar-refractivity contribution >= 4 is 21.7 Å². The van der Waals surface area contributed by atoms with Crippen LogP contribution in [0.25, 0.3) is 0 Å². The number of anilines is 1. The first-order valence-electron chi connectivity index (χ1n) is 10.5. The van der Waals surface area contributed by atoms with Crippen LogP contribution >= 0.6 is 0 Å². The van der Waals surface area contributed by atoms with Gasteiger partial charge in [-0.15, -0.1) is 0 Å². The molecule has 10 heteroatoms. The number of fused-ring (bicyclic) bond motifs is 1. The van der Waals surface area contributed by atoms with Crippen LogP contribution in [0.2, 0.25) is 0 Å². The normalized spacial score (nSPS) is 22.4. The Morgan fingerprint density at radius 2 is 2.00 bits per heavy atom. The third-order valence-corrected chi connectivity index (χ3v) is 7.55. The second-order valence-electron chi connectivity index (χ2n) is 8.48. The summed E-state index contributed by atoms with van der Waals surface area (Å²) in [7, 11) is -1.37. The Morgan fingerprint density at radius 3 is 2.65 bits per heavy atom. The van der Waals surface area contributed by atoms with Crippen molar-refractivity contribution in [1.29, 1.82) is 0 Å². The van der Waals surface area contributed by atoms with E-state index in [2.05, 4.69) is 5.10 Å². The Bertz CT molecular complexity index is 1130. The van der Waals surface area contributed by atoms with Crippen molar-refractivity contribution in [1.82, 2.24) is 19.1 Å². The van der Waals surface area contributed by atoms with E-state index in [1.165, 1.54) is 10.6 Å². The number of sulfonamides is 1. The number of aromatic nitrogens is 3. The Kier molecular flexibility index (Phi) is 5.55. The summed E-state index contributed by atoms with van der Waals surface area (Å²) < 4.78 is 33.2. The highest BCUT2D eigenvalue weighted by molar-refractivity contribution is 7.88. The summed E-state index contributed by atoms with van der Waals surface area (Å²) in [6.45, 7) is 6.95. The minimum absolute atomic E-state index is 0.0214. The van der Waals surface area contributed by atoms with Crippen molar-refractivity contribution in [2.75, 3.05) is 24.2 Å². The molecule has 0 spiro atoms. The molecule has 1 amide bonds. The fourth-order valence-electron chi connectivity index (χ4n) is 4.37. The highest BCUT2D eigenvalue weighted by Gasteiger charge is 2.35. The van der Waals surface area contributed by atoms with Gasteiger partial charge in [-0.1, -0.05) is 0 Å². The van der Waals surface area contributed by atoms with E-state index in [-0.39, 0.29) is 11.8 Å². The summed E-state index contributed by atoms with van der Waals surface area (Å²) in [6.07, 6.45) is 2.27. The zero-order chi connectivity index (χ0) is 22.5. The van der Waals surface area contributed by atoms with Crippen LogP contribution in [0.4, 0.5) is 5.82 Å². The quantitative estimate of drug-likeness (QED) is 0.710. The highest BCUT2D eigenvalue weighted by Crippen LogP contribution is 2.37. The van der Waals surface area contributed by atoms with Crippen LogP contribution in [0.5, 0.6) is 5.75 Å². The third kappa shape index (κ3) is 4.06. The van der Waals surface area contributed by atoms with Gasteiger partial charge in [-0.2, -0.15) is 5.10 Å². The van der Waals surface area contributed by atoms with Gasteiger partial charge in [-0.05, 0) is 45.7 Å². The van der Waals surface area contributed by atoms with Gasteiger partial charge in [-0.3, -0.25) is 14.4 Å². The molecule has 2 aromatic heterocycles. The van der Waals surface area contributed by atoms with Gasteiger partial charge in [0.1, 0.15) is 0 Å². The van der Waals surface area contributed by atoms with Gasteiger partial charge in [0.15, 0.2) is 17.7 Å². The predicted molar refractivity (Wildman–Crippen MR) is 117 cm³/mol. The van der Waals surface area contributed by atoms with Crippen LogP contribution in [0.15, 0.2) is 12.1 Å². The molecule has 2 atom stereocenters. The molecule has 0 radical (unpaired) electrons. The Hall–Kier alpha value is -2.46. The zero-order valence-corrected chi connectivity index (χ0v) is 19.4. The number of ether oxygens (including phenoxy) is 1. The van der Waals surface area contributed by atoms with Gasteiger partial charge in [0.2, 0.25) is 10.0 Å². The molecule has 31 heavy (non-hydrogen) atoms. The average Bonchev–Trinajstić information content (AvgIpc) is 2.96. The summed E-state index contributed by atoms with van der Waals surface area (Å²) in [5.41, 5.74) is 3.64. The lowest BCUT2D eigenvalue weighted by Gasteiger charge is -2.34. The molecule has 0 saturated carbocycles. The molecule has 0 aliphatic carbocycles. The van der Waals surface area contributed by atoms with Crippen molar-refractivity contribution in [2.24, 2.45) is 7.05 Å². The molecule has 1 unspecified atom stereocenters. The number of pyridine rings is 1. The van der Waals surface area contributed by atoms with Crippen LogP contribution in [0, 0.1) is 13.8 Å². The van der Waals surface area contributed by atoms with Crippen LogP contribution in [-0.4, -0.2) is 58.8 Å². The molecule has 4 rings (SSSR count). The van der Waals surface area contributed by atoms with Crippen molar-refractivity contribution in [3.8, 4) is 5.75 Å². The molecule has 0 aromatic carbocycles. The second-order valence-corrected chi connectivity index (χ2v) is 10.5. The highest BCUT2D eigenvalue weighted by atomic mass is 32.2. The van der Waals surface area contributed by atoms with Gasteiger partial charge in [0, 0.05) is 43.0 Å². The number of carbonyl (C=O) groups excluding carboxylic acids is 1.